The maximum Gasteiger partial charge on any atom is 0.175 e. The monoisotopic (exact) mass is 330 g/mol. The van der Waals surface area contributed by atoms with Crippen molar-refractivity contribution in [3.8, 4) is 0 Å². The van der Waals surface area contributed by atoms with Gasteiger partial charge in [-0.1, -0.05) is 11.8 Å². The molecular formula is C12H2F8S. The molecule has 0 aliphatic heterocycles. The van der Waals surface area contributed by atoms with Crippen molar-refractivity contribution in [3.63, 3.8) is 0 Å². The Morgan fingerprint density at radius 3 is 0.952 bits per heavy atom. The highest BCUT2D eigenvalue weighted by atomic mass is 32.2. The molecule has 0 bridgehead atoms. The van der Waals surface area contributed by atoms with Gasteiger partial charge in [0.1, 0.15) is 0 Å². The molecule has 0 aliphatic rings. The molecule has 0 atom stereocenters. The van der Waals surface area contributed by atoms with E-state index in [9.17, 15) is 35.1 Å². The van der Waals surface area contributed by atoms with Crippen LogP contribution >= 0.6 is 11.8 Å². The van der Waals surface area contributed by atoms with Crippen LogP contribution in [0, 0.1) is 46.5 Å². The minimum absolute atomic E-state index is 0.117. The second-order valence-electron chi connectivity index (χ2n) is 3.70. The highest BCUT2D eigenvalue weighted by Crippen LogP contribution is 2.38. The molecule has 0 radical (unpaired) electrons. The van der Waals surface area contributed by atoms with E-state index < -0.39 is 68.1 Å². The van der Waals surface area contributed by atoms with Gasteiger partial charge in [-0.3, -0.25) is 0 Å². The zero-order valence-electron chi connectivity index (χ0n) is 9.59. The maximum atomic E-state index is 13.4. The molecule has 112 valence electrons. The molecule has 0 unspecified atom stereocenters. The quantitative estimate of drug-likeness (QED) is 0.554. The lowest BCUT2D eigenvalue weighted by molar-refractivity contribution is 0.419. The topological polar surface area (TPSA) is 0 Å². The number of halogens is 8. The fourth-order valence-electron chi connectivity index (χ4n) is 1.38. The van der Waals surface area contributed by atoms with Gasteiger partial charge < -0.3 is 0 Å². The van der Waals surface area contributed by atoms with Gasteiger partial charge >= 0.3 is 0 Å². The molecule has 2 rings (SSSR count). The number of hydrogen-bond donors (Lipinski definition) is 0. The van der Waals surface area contributed by atoms with E-state index in [1.165, 1.54) is 0 Å². The van der Waals surface area contributed by atoms with E-state index in [0.717, 1.165) is 0 Å². The average molecular weight is 330 g/mol. The summed E-state index contributed by atoms with van der Waals surface area (Å²) < 4.78 is 105. The fraction of sp³-hybridized carbons (Fsp3) is 0. The molecule has 0 fully saturated rings. The normalized spacial score (nSPS) is 11.0. The molecule has 2 aromatic rings. The zero-order valence-corrected chi connectivity index (χ0v) is 10.4. The van der Waals surface area contributed by atoms with Gasteiger partial charge in [0.05, 0.1) is 9.79 Å². The molecule has 0 aromatic heterocycles. The van der Waals surface area contributed by atoms with Crippen LogP contribution in [0.3, 0.4) is 0 Å². The average Bonchev–Trinajstić information content (AvgIpc) is 2.42. The standard InChI is InChI=1S/C12H2F8S/c13-3-1-4(14)8(18)11(7(3)17)21-12-9(19)5(15)2-6(16)10(12)20/h1-2H. The Morgan fingerprint density at radius 1 is 0.476 bits per heavy atom. The predicted molar refractivity (Wildman–Crippen MR) is 56.7 cm³/mol. The summed E-state index contributed by atoms with van der Waals surface area (Å²) in [7, 11) is 0. The van der Waals surface area contributed by atoms with Crippen molar-refractivity contribution in [1.29, 1.82) is 0 Å². The smallest absolute Gasteiger partial charge is 0.175 e. The maximum absolute atomic E-state index is 13.4. The molecule has 0 heterocycles. The molecule has 2 aromatic carbocycles. The van der Waals surface area contributed by atoms with Crippen molar-refractivity contribution < 1.29 is 35.1 Å². The summed E-state index contributed by atoms with van der Waals surface area (Å²) in [6.07, 6.45) is 0. The van der Waals surface area contributed by atoms with Gasteiger partial charge in [-0.15, -0.1) is 0 Å². The van der Waals surface area contributed by atoms with Gasteiger partial charge in [0.2, 0.25) is 0 Å². The molecule has 9 heteroatoms. The van der Waals surface area contributed by atoms with Crippen LogP contribution in [0.5, 0.6) is 0 Å². The Kier molecular flexibility index (Phi) is 4.13. The lowest BCUT2D eigenvalue weighted by Crippen LogP contribution is -2.01. The van der Waals surface area contributed by atoms with Crippen LogP contribution in [0.4, 0.5) is 35.1 Å². The SMILES string of the molecule is Fc1cc(F)c(F)c(Sc2c(F)c(F)cc(F)c2F)c1F. The first-order valence-corrected chi connectivity index (χ1v) is 5.89. The third-order valence-electron chi connectivity index (χ3n) is 2.35. The Hall–Kier alpha value is -1.77. The van der Waals surface area contributed by atoms with E-state index in [1.807, 2.05) is 0 Å². The molecule has 0 N–H and O–H groups in total. The lowest BCUT2D eigenvalue weighted by Gasteiger charge is -2.09. The Labute approximate surface area is 116 Å². The first kappa shape index (κ1) is 15.6. The third kappa shape index (κ3) is 2.69. The van der Waals surface area contributed by atoms with Crippen LogP contribution < -0.4 is 0 Å². The molecule has 0 aliphatic carbocycles. The second-order valence-corrected chi connectivity index (χ2v) is 4.72. The highest BCUT2D eigenvalue weighted by Gasteiger charge is 2.26. The molecule has 0 saturated carbocycles. The van der Waals surface area contributed by atoms with Gasteiger partial charge in [-0.25, -0.2) is 35.1 Å². The fourth-order valence-corrected chi connectivity index (χ4v) is 2.34. The molecule has 0 nitrogen and oxygen atoms in total. The van der Waals surface area contributed by atoms with Crippen molar-refractivity contribution in [1.82, 2.24) is 0 Å². The first-order chi connectivity index (χ1) is 9.73. The van der Waals surface area contributed by atoms with Crippen molar-refractivity contribution >= 4 is 11.8 Å². The summed E-state index contributed by atoms with van der Waals surface area (Å²) >= 11 is -0.509. The van der Waals surface area contributed by atoms with E-state index in [0.29, 0.717) is 0 Å². The van der Waals surface area contributed by atoms with Crippen molar-refractivity contribution in [2.24, 2.45) is 0 Å². The van der Waals surface area contributed by atoms with Gasteiger partial charge in [0, 0.05) is 12.1 Å². The zero-order chi connectivity index (χ0) is 15.9. The molecular weight excluding hydrogens is 328 g/mol. The number of benzene rings is 2. The summed E-state index contributed by atoms with van der Waals surface area (Å²) in [6, 6.07) is -0.235. The molecule has 0 spiro atoms. The summed E-state index contributed by atoms with van der Waals surface area (Å²) in [6.45, 7) is 0. The minimum Gasteiger partial charge on any atom is -0.204 e. The van der Waals surface area contributed by atoms with E-state index >= 15 is 0 Å². The molecule has 0 amide bonds. The summed E-state index contributed by atoms with van der Waals surface area (Å²) in [5.74, 6) is -15.1. The predicted octanol–water partition coefficient (Wildman–Crippen LogP) is 4.95. The third-order valence-corrected chi connectivity index (χ3v) is 3.47. The summed E-state index contributed by atoms with van der Waals surface area (Å²) in [4.78, 5) is -2.93. The van der Waals surface area contributed by atoms with E-state index in [1.54, 1.807) is 0 Å². The summed E-state index contributed by atoms with van der Waals surface area (Å²) in [5.41, 5.74) is 0. The van der Waals surface area contributed by atoms with Crippen LogP contribution in [0.1, 0.15) is 0 Å². The van der Waals surface area contributed by atoms with E-state index in [-0.39, 0.29) is 12.1 Å². The van der Waals surface area contributed by atoms with Crippen molar-refractivity contribution in [3.05, 3.63) is 58.7 Å². The molecule has 0 saturated heterocycles. The van der Waals surface area contributed by atoms with Crippen LogP contribution in [0.25, 0.3) is 0 Å². The largest absolute Gasteiger partial charge is 0.204 e. The van der Waals surface area contributed by atoms with E-state index in [4.69, 9.17) is 0 Å². The molecule has 21 heavy (non-hydrogen) atoms. The van der Waals surface area contributed by atoms with Crippen LogP contribution in [-0.2, 0) is 0 Å². The highest BCUT2D eigenvalue weighted by molar-refractivity contribution is 7.99. The number of hydrogen-bond acceptors (Lipinski definition) is 1. The van der Waals surface area contributed by atoms with Crippen LogP contribution in [-0.4, -0.2) is 0 Å². The Balaban J connectivity index is 2.64. The van der Waals surface area contributed by atoms with Gasteiger partial charge in [0.15, 0.2) is 46.5 Å². The van der Waals surface area contributed by atoms with Gasteiger partial charge in [-0.2, -0.15) is 0 Å². The Morgan fingerprint density at radius 2 is 0.714 bits per heavy atom. The first-order valence-electron chi connectivity index (χ1n) is 5.07. The van der Waals surface area contributed by atoms with Crippen LogP contribution in [0.15, 0.2) is 21.9 Å². The number of rotatable bonds is 2. The van der Waals surface area contributed by atoms with Crippen LogP contribution in [0.2, 0.25) is 0 Å². The van der Waals surface area contributed by atoms with Gasteiger partial charge in [-0.05, 0) is 0 Å². The van der Waals surface area contributed by atoms with Crippen molar-refractivity contribution in [2.75, 3.05) is 0 Å². The Bertz CT molecular complexity index is 614. The lowest BCUT2D eigenvalue weighted by atomic mass is 10.3. The van der Waals surface area contributed by atoms with Gasteiger partial charge in [0.25, 0.3) is 0 Å². The van der Waals surface area contributed by atoms with E-state index in [2.05, 4.69) is 0 Å². The van der Waals surface area contributed by atoms with Crippen molar-refractivity contribution in [2.45, 2.75) is 9.79 Å². The second kappa shape index (κ2) is 5.55. The summed E-state index contributed by atoms with van der Waals surface area (Å²) in [5, 5.41) is 0. The minimum atomic E-state index is -1.94.